The van der Waals surface area contributed by atoms with E-state index in [2.05, 4.69) is 56.3 Å². The SMILES string of the molecule is Cc1ccc(SCc2cc(C)cc(C3C(C#N)=C(N)N(c4cccc(F)c4)C4=C3C(=O)CCC4)c2C)cc1. The van der Waals surface area contributed by atoms with Crippen LogP contribution in [-0.4, -0.2) is 5.78 Å². The summed E-state index contributed by atoms with van der Waals surface area (Å²) in [4.78, 5) is 16.4. The number of nitrogens with two attached hydrogens (primary N) is 1. The van der Waals surface area contributed by atoms with Gasteiger partial charge in [0.1, 0.15) is 11.6 Å². The molecule has 0 saturated carbocycles. The quantitative estimate of drug-likeness (QED) is 0.354. The Bertz CT molecular complexity index is 1530. The molecule has 2 N–H and O–H groups in total. The predicted octanol–water partition coefficient (Wildman–Crippen LogP) is 7.35. The van der Waals surface area contributed by atoms with Crippen LogP contribution < -0.4 is 10.6 Å². The van der Waals surface area contributed by atoms with E-state index < -0.39 is 11.7 Å². The molecule has 38 heavy (non-hydrogen) atoms. The number of allylic oxidation sites excluding steroid dienone is 3. The van der Waals surface area contributed by atoms with Crippen molar-refractivity contribution >= 4 is 23.2 Å². The molecule has 3 aromatic carbocycles. The zero-order valence-corrected chi connectivity index (χ0v) is 22.7. The molecule has 192 valence electrons. The Labute approximate surface area is 227 Å². The number of Topliss-reactive ketones (excluding diaryl/α,β-unsaturated/α-hetero) is 1. The molecule has 1 heterocycles. The summed E-state index contributed by atoms with van der Waals surface area (Å²) >= 11 is 1.77. The molecule has 1 atom stereocenters. The molecule has 0 aromatic heterocycles. The monoisotopic (exact) mass is 523 g/mol. The maximum absolute atomic E-state index is 14.2. The number of thioether (sulfide) groups is 1. The molecule has 0 fully saturated rings. The molecule has 0 bridgehead atoms. The Morgan fingerprint density at radius 3 is 2.53 bits per heavy atom. The Balaban J connectivity index is 1.63. The second-order valence-electron chi connectivity index (χ2n) is 10.0. The summed E-state index contributed by atoms with van der Waals surface area (Å²) in [6, 6.07) is 21.2. The largest absolute Gasteiger partial charge is 0.384 e. The number of anilines is 1. The van der Waals surface area contributed by atoms with Crippen LogP contribution in [-0.2, 0) is 10.5 Å². The number of hydrogen-bond donors (Lipinski definition) is 1. The van der Waals surface area contributed by atoms with Crippen LogP contribution >= 0.6 is 11.8 Å². The minimum absolute atomic E-state index is 0.0226. The van der Waals surface area contributed by atoms with Crippen molar-refractivity contribution < 1.29 is 9.18 Å². The molecule has 0 saturated heterocycles. The molecule has 0 spiro atoms. The van der Waals surface area contributed by atoms with E-state index in [0.717, 1.165) is 28.1 Å². The molecule has 1 aliphatic carbocycles. The lowest BCUT2D eigenvalue weighted by atomic mass is 9.73. The maximum Gasteiger partial charge on any atom is 0.161 e. The number of aryl methyl sites for hydroxylation is 2. The third kappa shape index (κ3) is 4.75. The number of carbonyl (C=O) groups excluding carboxylic acids is 1. The minimum atomic E-state index is -0.546. The highest BCUT2D eigenvalue weighted by Crippen LogP contribution is 2.47. The lowest BCUT2D eigenvalue weighted by Gasteiger charge is -2.40. The summed E-state index contributed by atoms with van der Waals surface area (Å²) in [6.07, 6.45) is 1.75. The first-order valence-corrected chi connectivity index (χ1v) is 13.8. The maximum atomic E-state index is 14.2. The van der Waals surface area contributed by atoms with Crippen LogP contribution in [0.15, 0.2) is 88.2 Å². The van der Waals surface area contributed by atoms with Gasteiger partial charge in [0, 0.05) is 28.3 Å². The van der Waals surface area contributed by atoms with Crippen LogP contribution in [0.1, 0.15) is 53.0 Å². The van der Waals surface area contributed by atoms with Crippen molar-refractivity contribution in [1.29, 1.82) is 5.26 Å². The zero-order chi connectivity index (χ0) is 27.0. The highest BCUT2D eigenvalue weighted by Gasteiger charge is 2.41. The van der Waals surface area contributed by atoms with Crippen LogP contribution in [0, 0.1) is 37.9 Å². The summed E-state index contributed by atoms with van der Waals surface area (Å²) in [5.74, 6) is 0.107. The first-order valence-electron chi connectivity index (χ1n) is 12.8. The molecular formula is C32H30FN3OS. The average Bonchev–Trinajstić information content (AvgIpc) is 2.89. The second-order valence-corrected chi connectivity index (χ2v) is 11.1. The van der Waals surface area contributed by atoms with E-state index in [9.17, 15) is 14.4 Å². The number of hydrogen-bond acceptors (Lipinski definition) is 5. The van der Waals surface area contributed by atoms with Crippen LogP contribution in [0.2, 0.25) is 0 Å². The molecule has 5 rings (SSSR count). The molecule has 4 nitrogen and oxygen atoms in total. The van der Waals surface area contributed by atoms with Crippen molar-refractivity contribution in [3.05, 3.63) is 117 Å². The molecule has 1 aliphatic heterocycles. The van der Waals surface area contributed by atoms with Crippen molar-refractivity contribution in [2.45, 2.75) is 56.6 Å². The number of nitriles is 1. The van der Waals surface area contributed by atoms with Gasteiger partial charge in [-0.25, -0.2) is 4.39 Å². The van der Waals surface area contributed by atoms with Crippen LogP contribution in [0.4, 0.5) is 10.1 Å². The Morgan fingerprint density at radius 1 is 1.05 bits per heavy atom. The van der Waals surface area contributed by atoms with Crippen molar-refractivity contribution in [2.75, 3.05) is 4.90 Å². The molecule has 0 amide bonds. The summed E-state index contributed by atoms with van der Waals surface area (Å²) in [6.45, 7) is 6.19. The van der Waals surface area contributed by atoms with Gasteiger partial charge in [-0.05, 0) is 80.6 Å². The Kier molecular flexibility index (Phi) is 7.14. The highest BCUT2D eigenvalue weighted by atomic mass is 32.2. The highest BCUT2D eigenvalue weighted by molar-refractivity contribution is 7.98. The third-order valence-corrected chi connectivity index (χ3v) is 8.47. The fourth-order valence-corrected chi connectivity index (χ4v) is 6.47. The molecular weight excluding hydrogens is 493 g/mol. The number of rotatable bonds is 5. The first-order chi connectivity index (χ1) is 18.3. The van der Waals surface area contributed by atoms with Crippen LogP contribution in [0.5, 0.6) is 0 Å². The minimum Gasteiger partial charge on any atom is -0.384 e. The summed E-state index contributed by atoms with van der Waals surface area (Å²) in [7, 11) is 0. The van der Waals surface area contributed by atoms with Gasteiger partial charge in [0.25, 0.3) is 0 Å². The van der Waals surface area contributed by atoms with Gasteiger partial charge in [-0.2, -0.15) is 5.26 Å². The van der Waals surface area contributed by atoms with E-state index in [1.165, 1.54) is 28.2 Å². The predicted molar refractivity (Wildman–Crippen MR) is 151 cm³/mol. The van der Waals surface area contributed by atoms with E-state index in [4.69, 9.17) is 5.73 Å². The van der Waals surface area contributed by atoms with E-state index in [-0.39, 0.29) is 11.6 Å². The van der Waals surface area contributed by atoms with E-state index in [1.807, 2.05) is 6.92 Å². The lowest BCUT2D eigenvalue weighted by Crippen LogP contribution is -2.39. The first kappa shape index (κ1) is 25.8. The van der Waals surface area contributed by atoms with Crippen molar-refractivity contribution in [2.24, 2.45) is 5.73 Å². The average molecular weight is 524 g/mol. The van der Waals surface area contributed by atoms with Crippen molar-refractivity contribution in [3.8, 4) is 6.07 Å². The van der Waals surface area contributed by atoms with Gasteiger partial charge >= 0.3 is 0 Å². The number of ketones is 1. The van der Waals surface area contributed by atoms with E-state index in [0.29, 0.717) is 36.1 Å². The number of halogens is 1. The van der Waals surface area contributed by atoms with Crippen molar-refractivity contribution in [3.63, 3.8) is 0 Å². The van der Waals surface area contributed by atoms with Gasteiger partial charge in [0.2, 0.25) is 0 Å². The lowest BCUT2D eigenvalue weighted by molar-refractivity contribution is -0.116. The van der Waals surface area contributed by atoms with Crippen LogP contribution in [0.3, 0.4) is 0 Å². The fourth-order valence-electron chi connectivity index (χ4n) is 5.52. The van der Waals surface area contributed by atoms with Gasteiger partial charge in [-0.3, -0.25) is 9.69 Å². The summed E-state index contributed by atoms with van der Waals surface area (Å²) in [5, 5.41) is 10.4. The molecule has 3 aromatic rings. The van der Waals surface area contributed by atoms with E-state index in [1.54, 1.807) is 28.8 Å². The number of benzene rings is 3. The number of nitrogens with zero attached hydrogens (tertiary/aromatic N) is 2. The van der Waals surface area contributed by atoms with Gasteiger partial charge in [-0.15, -0.1) is 11.8 Å². The Morgan fingerprint density at radius 2 is 1.82 bits per heavy atom. The second kappa shape index (κ2) is 10.5. The van der Waals surface area contributed by atoms with Crippen LogP contribution in [0.25, 0.3) is 0 Å². The van der Waals surface area contributed by atoms with Gasteiger partial charge in [-0.1, -0.05) is 41.5 Å². The number of carbonyl (C=O) groups is 1. The fraction of sp³-hybridized carbons (Fsp3) is 0.250. The third-order valence-electron chi connectivity index (χ3n) is 7.41. The van der Waals surface area contributed by atoms with Crippen molar-refractivity contribution in [1.82, 2.24) is 0 Å². The molecule has 0 radical (unpaired) electrons. The molecule has 6 heteroatoms. The molecule has 2 aliphatic rings. The topological polar surface area (TPSA) is 70.1 Å². The van der Waals surface area contributed by atoms with Gasteiger partial charge in [0.15, 0.2) is 5.78 Å². The molecule has 1 unspecified atom stereocenters. The smallest absolute Gasteiger partial charge is 0.161 e. The summed E-state index contributed by atoms with van der Waals surface area (Å²) < 4.78 is 14.2. The standard InChI is InChI=1S/C32H30FN3OS/c1-19-10-12-25(13-11-19)38-18-22-14-20(2)15-26(21(22)3)30-27(17-34)32(35)36(24-7-4-6-23(33)16-24)28-8-5-9-29(37)31(28)30/h4,6-7,10-16,30H,5,8-9,18,35H2,1-3H3. The van der Waals surface area contributed by atoms with Gasteiger partial charge < -0.3 is 5.73 Å². The van der Waals surface area contributed by atoms with E-state index >= 15 is 0 Å². The Hall–Kier alpha value is -3.82. The zero-order valence-electron chi connectivity index (χ0n) is 21.8. The summed E-state index contributed by atoms with van der Waals surface area (Å²) in [5.41, 5.74) is 14.4. The normalized spacial score (nSPS) is 17.5. The van der Waals surface area contributed by atoms with Gasteiger partial charge in [0.05, 0.1) is 23.2 Å².